The Hall–Kier alpha value is -0.970. The zero-order valence-electron chi connectivity index (χ0n) is 10.7. The number of carbonyl (C=O) groups is 1. The first kappa shape index (κ1) is 14.0. The van der Waals surface area contributed by atoms with Gasteiger partial charge in [-0.1, -0.05) is 11.6 Å². The lowest BCUT2D eigenvalue weighted by Crippen LogP contribution is -2.30. The maximum absolute atomic E-state index is 12.4. The van der Waals surface area contributed by atoms with Gasteiger partial charge >= 0.3 is 0 Å². The average molecular weight is 324 g/mol. The summed E-state index contributed by atoms with van der Waals surface area (Å²) in [5, 5.41) is 5.65. The predicted octanol–water partition coefficient (Wildman–Crippen LogP) is 4.50. The van der Waals surface area contributed by atoms with E-state index in [2.05, 4.69) is 29.4 Å². The Kier molecular flexibility index (Phi) is 4.06. The Balaban J connectivity index is 1.82. The van der Waals surface area contributed by atoms with Gasteiger partial charge < -0.3 is 5.32 Å². The Morgan fingerprint density at radius 3 is 3.10 bits per heavy atom. The first-order chi connectivity index (χ1) is 9.65. The molecule has 3 rings (SSSR count). The van der Waals surface area contributed by atoms with Gasteiger partial charge in [0.05, 0.1) is 16.6 Å². The molecule has 0 aliphatic heterocycles. The molecule has 1 heterocycles. The van der Waals surface area contributed by atoms with Crippen LogP contribution in [0.25, 0.3) is 0 Å². The molecule has 2 aromatic rings. The van der Waals surface area contributed by atoms with Crippen molar-refractivity contribution in [2.24, 2.45) is 0 Å². The molecule has 1 aliphatic carbocycles. The summed E-state index contributed by atoms with van der Waals surface area (Å²) in [5.74, 6) is -0.130. The van der Waals surface area contributed by atoms with E-state index in [9.17, 15) is 4.79 Å². The molecule has 2 nitrogen and oxygen atoms in total. The molecule has 0 spiro atoms. The molecule has 0 radical (unpaired) electrons. The molecule has 1 aromatic carbocycles. The molecule has 1 aromatic heterocycles. The SMILES string of the molecule is O=C(NC1CCCc2sccc21)c1cc(S)ccc1Cl. The zero-order chi connectivity index (χ0) is 14.1. The van der Waals surface area contributed by atoms with Crippen LogP contribution >= 0.6 is 35.6 Å². The Morgan fingerprint density at radius 1 is 1.40 bits per heavy atom. The summed E-state index contributed by atoms with van der Waals surface area (Å²) in [6.45, 7) is 0. The van der Waals surface area contributed by atoms with Crippen molar-refractivity contribution in [2.45, 2.75) is 30.2 Å². The highest BCUT2D eigenvalue weighted by molar-refractivity contribution is 7.80. The van der Waals surface area contributed by atoms with Gasteiger partial charge in [-0.25, -0.2) is 0 Å². The van der Waals surface area contributed by atoms with Gasteiger partial charge in [-0.15, -0.1) is 24.0 Å². The number of amides is 1. The Bertz CT molecular complexity index is 653. The highest BCUT2D eigenvalue weighted by Gasteiger charge is 2.23. The van der Waals surface area contributed by atoms with E-state index in [0.717, 1.165) is 24.2 Å². The quantitative estimate of drug-likeness (QED) is 0.783. The summed E-state index contributed by atoms with van der Waals surface area (Å²) in [7, 11) is 0. The van der Waals surface area contributed by atoms with E-state index in [1.807, 2.05) is 0 Å². The number of thiol groups is 1. The van der Waals surface area contributed by atoms with Crippen LogP contribution in [0.3, 0.4) is 0 Å². The zero-order valence-corrected chi connectivity index (χ0v) is 13.2. The molecule has 104 valence electrons. The monoisotopic (exact) mass is 323 g/mol. The highest BCUT2D eigenvalue weighted by Crippen LogP contribution is 2.33. The van der Waals surface area contributed by atoms with Gasteiger partial charge in [-0.3, -0.25) is 4.79 Å². The van der Waals surface area contributed by atoms with Crippen LogP contribution in [0.5, 0.6) is 0 Å². The van der Waals surface area contributed by atoms with Crippen molar-refractivity contribution < 1.29 is 4.79 Å². The second-order valence-corrected chi connectivity index (χ2v) is 6.81. The minimum Gasteiger partial charge on any atom is -0.345 e. The lowest BCUT2D eigenvalue weighted by molar-refractivity contribution is 0.0933. The maximum Gasteiger partial charge on any atom is 0.253 e. The van der Waals surface area contributed by atoms with Gasteiger partial charge in [0.1, 0.15) is 0 Å². The lowest BCUT2D eigenvalue weighted by atomic mass is 9.94. The summed E-state index contributed by atoms with van der Waals surface area (Å²) >= 11 is 12.1. The lowest BCUT2D eigenvalue weighted by Gasteiger charge is -2.24. The third kappa shape index (κ3) is 2.73. The molecule has 1 unspecified atom stereocenters. The molecule has 0 fully saturated rings. The van der Waals surface area contributed by atoms with Crippen molar-refractivity contribution >= 4 is 41.5 Å². The van der Waals surface area contributed by atoms with E-state index in [4.69, 9.17) is 11.6 Å². The second-order valence-electron chi connectivity index (χ2n) is 4.88. The number of halogens is 1. The summed E-state index contributed by atoms with van der Waals surface area (Å²) in [4.78, 5) is 14.5. The molecule has 1 N–H and O–H groups in total. The van der Waals surface area contributed by atoms with Crippen LogP contribution in [0.4, 0.5) is 0 Å². The van der Waals surface area contributed by atoms with Gasteiger partial charge in [0.15, 0.2) is 0 Å². The fourth-order valence-electron chi connectivity index (χ4n) is 2.56. The summed E-state index contributed by atoms with van der Waals surface area (Å²) in [6.07, 6.45) is 3.21. The minimum atomic E-state index is -0.130. The number of benzene rings is 1. The largest absolute Gasteiger partial charge is 0.345 e. The van der Waals surface area contributed by atoms with Crippen LogP contribution < -0.4 is 5.32 Å². The Morgan fingerprint density at radius 2 is 2.25 bits per heavy atom. The van der Waals surface area contributed by atoms with E-state index >= 15 is 0 Å². The smallest absolute Gasteiger partial charge is 0.253 e. The van der Waals surface area contributed by atoms with Crippen LogP contribution in [0.1, 0.15) is 39.7 Å². The molecule has 0 saturated carbocycles. The summed E-state index contributed by atoms with van der Waals surface area (Å²) in [6, 6.07) is 7.39. The fraction of sp³-hybridized carbons (Fsp3) is 0.267. The molecule has 0 saturated heterocycles. The number of hydrogen-bond donors (Lipinski definition) is 2. The first-order valence-corrected chi connectivity index (χ1v) is 8.21. The van der Waals surface area contributed by atoms with Crippen molar-refractivity contribution in [3.63, 3.8) is 0 Å². The van der Waals surface area contributed by atoms with Crippen molar-refractivity contribution in [1.29, 1.82) is 0 Å². The van der Waals surface area contributed by atoms with Crippen LogP contribution in [0.2, 0.25) is 5.02 Å². The number of aryl methyl sites for hydroxylation is 1. The molecule has 0 bridgehead atoms. The van der Waals surface area contributed by atoms with Gasteiger partial charge in [0.2, 0.25) is 0 Å². The Labute approximate surface area is 132 Å². The third-order valence-electron chi connectivity index (χ3n) is 3.55. The number of fused-ring (bicyclic) bond motifs is 1. The number of thiophene rings is 1. The number of nitrogens with one attached hydrogen (secondary N) is 1. The van der Waals surface area contributed by atoms with Crippen LogP contribution in [0, 0.1) is 0 Å². The van der Waals surface area contributed by atoms with Crippen LogP contribution in [-0.4, -0.2) is 5.91 Å². The standard InChI is InChI=1S/C15H14ClNOS2/c16-12-5-4-9(19)8-11(12)15(18)17-13-2-1-3-14-10(13)6-7-20-14/h4-8,13,19H,1-3H2,(H,17,18). The molecule has 1 amide bonds. The fourth-order valence-corrected chi connectivity index (χ4v) is 3.95. The van der Waals surface area contributed by atoms with Crippen molar-refractivity contribution in [3.05, 3.63) is 50.7 Å². The second kappa shape index (κ2) is 5.80. The van der Waals surface area contributed by atoms with E-state index in [-0.39, 0.29) is 11.9 Å². The molecule has 20 heavy (non-hydrogen) atoms. The summed E-state index contributed by atoms with van der Waals surface area (Å²) < 4.78 is 0. The number of rotatable bonds is 2. The normalized spacial score (nSPS) is 17.6. The van der Waals surface area contributed by atoms with Crippen molar-refractivity contribution in [2.75, 3.05) is 0 Å². The molecular formula is C15H14ClNOS2. The van der Waals surface area contributed by atoms with Crippen molar-refractivity contribution in [1.82, 2.24) is 5.32 Å². The maximum atomic E-state index is 12.4. The number of carbonyl (C=O) groups excluding carboxylic acids is 1. The van der Waals surface area contributed by atoms with E-state index in [0.29, 0.717) is 10.6 Å². The number of hydrogen-bond acceptors (Lipinski definition) is 3. The van der Waals surface area contributed by atoms with Crippen LogP contribution in [0.15, 0.2) is 34.5 Å². The van der Waals surface area contributed by atoms with Crippen LogP contribution in [-0.2, 0) is 6.42 Å². The highest BCUT2D eigenvalue weighted by atomic mass is 35.5. The van der Waals surface area contributed by atoms with Gasteiger partial charge in [0.25, 0.3) is 5.91 Å². The molecule has 5 heteroatoms. The summed E-state index contributed by atoms with van der Waals surface area (Å²) in [5.41, 5.74) is 1.74. The first-order valence-electron chi connectivity index (χ1n) is 6.51. The average Bonchev–Trinajstić information content (AvgIpc) is 2.91. The van der Waals surface area contributed by atoms with E-state index in [1.165, 1.54) is 10.4 Å². The minimum absolute atomic E-state index is 0.0946. The topological polar surface area (TPSA) is 29.1 Å². The van der Waals surface area contributed by atoms with Crippen molar-refractivity contribution in [3.8, 4) is 0 Å². The van der Waals surface area contributed by atoms with E-state index in [1.54, 1.807) is 29.5 Å². The molecule has 1 atom stereocenters. The molecule has 1 aliphatic rings. The van der Waals surface area contributed by atoms with Gasteiger partial charge in [-0.2, -0.15) is 0 Å². The third-order valence-corrected chi connectivity index (χ3v) is 5.16. The van der Waals surface area contributed by atoms with E-state index < -0.39 is 0 Å². The predicted molar refractivity (Wildman–Crippen MR) is 86.2 cm³/mol. The van der Waals surface area contributed by atoms with Gasteiger partial charge in [0, 0.05) is 9.77 Å². The molecular weight excluding hydrogens is 310 g/mol. The van der Waals surface area contributed by atoms with Gasteiger partial charge in [-0.05, 0) is 54.5 Å².